The molecule has 2 rings (SSSR count). The largest absolute Gasteiger partial charge is 0.358 e. The molecule has 0 aliphatic rings. The Hall–Kier alpha value is 0.388. The van der Waals surface area contributed by atoms with E-state index in [2.05, 4.69) is 19.9 Å². The minimum absolute atomic E-state index is 0. The summed E-state index contributed by atoms with van der Waals surface area (Å²) in [6, 6.07) is 20.3. The predicted molar refractivity (Wildman–Crippen MR) is 67.1 cm³/mol. The molecule has 0 unspecified atom stereocenters. The van der Waals surface area contributed by atoms with Gasteiger partial charge in [-0.2, -0.15) is 67.4 Å². The molecule has 0 heterocycles. The van der Waals surface area contributed by atoms with E-state index in [9.17, 15) is 0 Å². The summed E-state index contributed by atoms with van der Waals surface area (Å²) >= 11 is 0. The molecule has 86 valence electrons. The Kier molecular flexibility index (Phi) is 19.2. The molecule has 0 spiro atoms. The summed E-state index contributed by atoms with van der Waals surface area (Å²) in [5.41, 5.74) is 2.11. The second-order valence-corrected chi connectivity index (χ2v) is 2.89. The Morgan fingerprint density at radius 3 is 1.35 bits per heavy atom. The molecule has 0 atom stereocenters. The van der Waals surface area contributed by atoms with E-state index in [0.29, 0.717) is 0 Å². The number of rotatable bonds is 0. The average Bonchev–Trinajstić information content (AvgIpc) is 2.21. The maximum absolute atomic E-state index is 3.72. The van der Waals surface area contributed by atoms with Crippen LogP contribution >= 0.6 is 0 Å². The smallest absolute Gasteiger partial charge is 0 e. The van der Waals surface area contributed by atoms with Crippen LogP contribution in [0.2, 0.25) is 0 Å². The second kappa shape index (κ2) is 14.4. The van der Waals surface area contributed by atoms with E-state index >= 15 is 0 Å². The van der Waals surface area contributed by atoms with Crippen LogP contribution in [0, 0.1) is 27.3 Å². The molecule has 0 N–H and O–H groups in total. The molecular weight excluding hydrogens is 358 g/mol. The molecule has 0 aliphatic heterocycles. The van der Waals surface area contributed by atoms with Crippen molar-refractivity contribution in [2.75, 3.05) is 0 Å². The fourth-order valence-electron chi connectivity index (χ4n) is 0.899. The van der Waals surface area contributed by atoms with Gasteiger partial charge < -0.3 is 7.43 Å². The van der Waals surface area contributed by atoms with E-state index < -0.39 is 0 Å². The maximum Gasteiger partial charge on any atom is 0 e. The summed E-state index contributed by atoms with van der Waals surface area (Å²) in [5.74, 6) is 0. The summed E-state index contributed by atoms with van der Waals surface area (Å²) in [7, 11) is 0. The SMILES string of the molecule is [CH2-]c1cc[c-]cc1.[CH2-]c1ccccc1.[CH3-].[Y].[Y]. The van der Waals surface area contributed by atoms with Crippen LogP contribution in [0.1, 0.15) is 11.1 Å². The van der Waals surface area contributed by atoms with E-state index in [1.807, 2.05) is 54.6 Å². The van der Waals surface area contributed by atoms with Crippen LogP contribution in [-0.4, -0.2) is 0 Å². The molecule has 17 heavy (non-hydrogen) atoms. The average molecular weight is 374 g/mol. The van der Waals surface area contributed by atoms with Crippen molar-refractivity contribution in [2.45, 2.75) is 0 Å². The van der Waals surface area contributed by atoms with Gasteiger partial charge in [0.25, 0.3) is 0 Å². The maximum atomic E-state index is 3.72. The second-order valence-electron chi connectivity index (χ2n) is 2.89. The van der Waals surface area contributed by atoms with Gasteiger partial charge >= 0.3 is 0 Å². The van der Waals surface area contributed by atoms with Crippen LogP contribution < -0.4 is 0 Å². The summed E-state index contributed by atoms with van der Waals surface area (Å²) in [4.78, 5) is 0. The zero-order valence-corrected chi connectivity index (χ0v) is 15.9. The molecule has 2 aromatic carbocycles. The van der Waals surface area contributed by atoms with Crippen molar-refractivity contribution >= 4 is 0 Å². The van der Waals surface area contributed by atoms with Gasteiger partial charge in [-0.05, 0) is 0 Å². The first-order valence-corrected chi connectivity index (χ1v) is 4.44. The molecule has 0 bridgehead atoms. The standard InChI is InChI=1S/C7H7.C7H6.CH3.2Y/c2*1-7-5-3-2-4-6-7;;;/h2-6H,1H2;3-6H,1H2;1H3;;/q-1;-2;-1;;. The zero-order chi connectivity index (χ0) is 10.2. The Labute approximate surface area is 156 Å². The molecule has 0 nitrogen and oxygen atoms in total. The van der Waals surface area contributed by atoms with Crippen LogP contribution in [-0.2, 0) is 65.4 Å². The van der Waals surface area contributed by atoms with Gasteiger partial charge in [0, 0.05) is 65.4 Å². The Balaban J connectivity index is -0.000000196. The minimum Gasteiger partial charge on any atom is -0.358 e. The van der Waals surface area contributed by atoms with Crippen LogP contribution in [0.4, 0.5) is 0 Å². The molecule has 0 aliphatic carbocycles. The third-order valence-corrected chi connectivity index (χ3v) is 1.63. The first-order chi connectivity index (χ1) is 6.79. The fourth-order valence-corrected chi connectivity index (χ4v) is 0.899. The van der Waals surface area contributed by atoms with E-state index in [1.165, 1.54) is 0 Å². The fraction of sp³-hybridized carbons (Fsp3) is 0. The first kappa shape index (κ1) is 22.6. The van der Waals surface area contributed by atoms with Crippen molar-refractivity contribution in [1.82, 2.24) is 0 Å². The van der Waals surface area contributed by atoms with Crippen molar-refractivity contribution in [3.05, 3.63) is 93.1 Å². The summed E-state index contributed by atoms with van der Waals surface area (Å²) < 4.78 is 0. The molecular formula is C15H16Y2-4. The monoisotopic (exact) mass is 374 g/mol. The third-order valence-electron chi connectivity index (χ3n) is 1.63. The van der Waals surface area contributed by atoms with Crippen molar-refractivity contribution < 1.29 is 65.4 Å². The minimum atomic E-state index is 0. The van der Waals surface area contributed by atoms with E-state index in [4.69, 9.17) is 0 Å². The normalized spacial score (nSPS) is 7.06. The van der Waals surface area contributed by atoms with E-state index in [1.54, 1.807) is 0 Å². The number of hydrogen-bond donors (Lipinski definition) is 0. The Morgan fingerprint density at radius 2 is 1.12 bits per heavy atom. The molecule has 2 heteroatoms. The van der Waals surface area contributed by atoms with Crippen LogP contribution in [0.3, 0.4) is 0 Å². The van der Waals surface area contributed by atoms with Crippen LogP contribution in [0.15, 0.2) is 54.6 Å². The van der Waals surface area contributed by atoms with Gasteiger partial charge in [-0.1, -0.05) is 6.07 Å². The molecule has 0 fully saturated rings. The summed E-state index contributed by atoms with van der Waals surface area (Å²) in [5, 5.41) is 0. The van der Waals surface area contributed by atoms with E-state index in [-0.39, 0.29) is 72.8 Å². The van der Waals surface area contributed by atoms with E-state index in [0.717, 1.165) is 11.1 Å². The van der Waals surface area contributed by atoms with Crippen LogP contribution in [0.5, 0.6) is 0 Å². The molecule has 0 saturated carbocycles. The van der Waals surface area contributed by atoms with Gasteiger partial charge in [-0.15, -0.1) is 12.1 Å². The molecule has 2 radical (unpaired) electrons. The number of hydrogen-bond acceptors (Lipinski definition) is 0. The molecule has 0 saturated heterocycles. The quantitative estimate of drug-likeness (QED) is 0.612. The first-order valence-electron chi connectivity index (χ1n) is 4.44. The van der Waals surface area contributed by atoms with Gasteiger partial charge in [0.15, 0.2) is 0 Å². The summed E-state index contributed by atoms with van der Waals surface area (Å²) in [6.45, 7) is 7.42. The van der Waals surface area contributed by atoms with Crippen molar-refractivity contribution in [3.63, 3.8) is 0 Å². The molecule has 2 aromatic rings. The summed E-state index contributed by atoms with van der Waals surface area (Å²) in [6.07, 6.45) is 0. The van der Waals surface area contributed by atoms with Gasteiger partial charge in [0.1, 0.15) is 0 Å². The van der Waals surface area contributed by atoms with Crippen molar-refractivity contribution in [3.8, 4) is 0 Å². The third kappa shape index (κ3) is 12.6. The van der Waals surface area contributed by atoms with Gasteiger partial charge in [0.05, 0.1) is 0 Å². The van der Waals surface area contributed by atoms with Gasteiger partial charge in [0.2, 0.25) is 0 Å². The van der Waals surface area contributed by atoms with Gasteiger partial charge in [-0.3, -0.25) is 0 Å². The molecule has 0 aromatic heterocycles. The topological polar surface area (TPSA) is 0 Å². The van der Waals surface area contributed by atoms with Gasteiger partial charge in [-0.25, -0.2) is 0 Å². The number of benzene rings is 2. The zero-order valence-electron chi connectivity index (χ0n) is 10.3. The Bertz CT molecular complexity index is 306. The predicted octanol–water partition coefficient (Wildman–Crippen LogP) is 3.98. The van der Waals surface area contributed by atoms with Crippen LogP contribution in [0.25, 0.3) is 0 Å². The van der Waals surface area contributed by atoms with Crippen molar-refractivity contribution in [1.29, 1.82) is 0 Å². The van der Waals surface area contributed by atoms with Crippen molar-refractivity contribution in [2.24, 2.45) is 0 Å². The Morgan fingerprint density at radius 1 is 0.706 bits per heavy atom. The molecule has 0 amide bonds.